The van der Waals surface area contributed by atoms with Crippen LogP contribution in [0.4, 0.5) is 0 Å². The first-order valence-corrected chi connectivity index (χ1v) is 7.39. The average Bonchev–Trinajstić information content (AvgIpc) is 2.27. The second kappa shape index (κ2) is 9.93. The number of hydrogen-bond donors (Lipinski definition) is 0. The Morgan fingerprint density at radius 1 is 0.750 bits per heavy atom. The quantitative estimate of drug-likeness (QED) is 0.392. The fourth-order valence-electron chi connectivity index (χ4n) is 2.79. The normalized spacial score (nSPS) is 12.5. The van der Waals surface area contributed by atoms with Crippen LogP contribution in [0, 0.1) is 5.41 Å². The van der Waals surface area contributed by atoms with Crippen molar-refractivity contribution in [1.82, 2.24) is 0 Å². The molecule has 0 heteroatoms. The molecule has 0 bridgehead atoms. The highest BCUT2D eigenvalue weighted by Gasteiger charge is 2.25. The fraction of sp³-hybridized carbons (Fsp3) is 0.875. The second-order valence-corrected chi connectivity index (χ2v) is 5.19. The minimum atomic E-state index is 0.616. The summed E-state index contributed by atoms with van der Waals surface area (Å²) in [6, 6.07) is 0. The van der Waals surface area contributed by atoms with Crippen LogP contribution < -0.4 is 0 Å². The molecule has 0 amide bonds. The molecule has 0 spiro atoms. The van der Waals surface area contributed by atoms with Gasteiger partial charge in [-0.1, -0.05) is 65.5 Å². The third kappa shape index (κ3) is 6.35. The van der Waals surface area contributed by atoms with Gasteiger partial charge >= 0.3 is 0 Å². The molecule has 0 unspecified atom stereocenters. The summed E-state index contributed by atoms with van der Waals surface area (Å²) in [5.74, 6) is 0. The van der Waals surface area contributed by atoms with Gasteiger partial charge in [0.1, 0.15) is 0 Å². The predicted molar refractivity (Wildman–Crippen MR) is 75.8 cm³/mol. The summed E-state index contributed by atoms with van der Waals surface area (Å²) < 4.78 is 0. The van der Waals surface area contributed by atoms with E-state index in [1.165, 1.54) is 57.8 Å². The summed E-state index contributed by atoms with van der Waals surface area (Å²) in [6.07, 6.45) is 16.9. The molecule has 0 aliphatic heterocycles. The van der Waals surface area contributed by atoms with Crippen molar-refractivity contribution in [2.45, 2.75) is 85.5 Å². The summed E-state index contributed by atoms with van der Waals surface area (Å²) in [5.41, 5.74) is 0.616. The lowest BCUT2D eigenvalue weighted by molar-refractivity contribution is 0.210. The predicted octanol–water partition coefficient (Wildman–Crippen LogP) is 6.12. The molecular formula is C16H32. The minimum Gasteiger partial charge on any atom is -0.0888 e. The van der Waals surface area contributed by atoms with E-state index >= 15 is 0 Å². The SMILES string of the molecule is CC/C=C/CC(CCC)(CCC)CCCC. The van der Waals surface area contributed by atoms with Crippen molar-refractivity contribution >= 4 is 0 Å². The van der Waals surface area contributed by atoms with Crippen molar-refractivity contribution in [3.63, 3.8) is 0 Å². The molecule has 0 rings (SSSR count). The standard InChI is InChI=1S/C16H32/c1-5-9-11-15-16(12-7-3,13-8-4)14-10-6-2/h9,11H,5-8,10,12-15H2,1-4H3/b11-9+. The third-order valence-corrected chi connectivity index (χ3v) is 3.57. The average molecular weight is 224 g/mol. The monoisotopic (exact) mass is 224 g/mol. The molecule has 0 atom stereocenters. The van der Waals surface area contributed by atoms with Gasteiger partial charge in [0.2, 0.25) is 0 Å². The highest BCUT2D eigenvalue weighted by Crippen LogP contribution is 2.39. The molecule has 0 radical (unpaired) electrons. The maximum Gasteiger partial charge on any atom is -0.0263 e. The van der Waals surface area contributed by atoms with Crippen LogP contribution >= 0.6 is 0 Å². The van der Waals surface area contributed by atoms with Crippen molar-refractivity contribution in [2.75, 3.05) is 0 Å². The Morgan fingerprint density at radius 2 is 1.38 bits per heavy atom. The van der Waals surface area contributed by atoms with Crippen LogP contribution in [0.25, 0.3) is 0 Å². The van der Waals surface area contributed by atoms with Crippen LogP contribution in [0.5, 0.6) is 0 Å². The molecule has 0 aliphatic carbocycles. The van der Waals surface area contributed by atoms with E-state index in [4.69, 9.17) is 0 Å². The van der Waals surface area contributed by atoms with E-state index in [0.717, 1.165) is 0 Å². The lowest BCUT2D eigenvalue weighted by atomic mass is 9.73. The van der Waals surface area contributed by atoms with E-state index in [9.17, 15) is 0 Å². The van der Waals surface area contributed by atoms with E-state index in [1.54, 1.807) is 0 Å². The highest BCUT2D eigenvalue weighted by atomic mass is 14.3. The topological polar surface area (TPSA) is 0 Å². The molecule has 0 saturated carbocycles. The molecular weight excluding hydrogens is 192 g/mol. The number of allylic oxidation sites excluding steroid dienone is 2. The summed E-state index contributed by atoms with van der Waals surface area (Å²) in [6.45, 7) is 9.20. The molecule has 0 aromatic heterocycles. The van der Waals surface area contributed by atoms with E-state index in [2.05, 4.69) is 39.8 Å². The van der Waals surface area contributed by atoms with Gasteiger partial charge in [0.25, 0.3) is 0 Å². The zero-order chi connectivity index (χ0) is 12.3. The molecule has 16 heavy (non-hydrogen) atoms. The van der Waals surface area contributed by atoms with E-state index in [1.807, 2.05) is 0 Å². The molecule has 0 aromatic carbocycles. The first kappa shape index (κ1) is 15.7. The van der Waals surface area contributed by atoms with Crippen LogP contribution in [-0.2, 0) is 0 Å². The Morgan fingerprint density at radius 3 is 1.81 bits per heavy atom. The number of unbranched alkanes of at least 4 members (excludes halogenated alkanes) is 1. The molecule has 0 aromatic rings. The summed E-state index contributed by atoms with van der Waals surface area (Å²) in [7, 11) is 0. The van der Waals surface area contributed by atoms with Crippen LogP contribution in [0.1, 0.15) is 85.5 Å². The lowest BCUT2D eigenvalue weighted by Crippen LogP contribution is -2.20. The second-order valence-electron chi connectivity index (χ2n) is 5.19. The van der Waals surface area contributed by atoms with E-state index in [-0.39, 0.29) is 0 Å². The molecule has 0 fully saturated rings. The Bertz CT molecular complexity index is 161. The van der Waals surface area contributed by atoms with Gasteiger partial charge in [-0.2, -0.15) is 0 Å². The van der Waals surface area contributed by atoms with E-state index < -0.39 is 0 Å². The van der Waals surface area contributed by atoms with Gasteiger partial charge in [0, 0.05) is 0 Å². The minimum absolute atomic E-state index is 0.616. The fourth-order valence-corrected chi connectivity index (χ4v) is 2.79. The van der Waals surface area contributed by atoms with Crippen LogP contribution in [0.15, 0.2) is 12.2 Å². The molecule has 0 aliphatic rings. The Kier molecular flexibility index (Phi) is 9.77. The van der Waals surface area contributed by atoms with Gasteiger partial charge in [0.05, 0.1) is 0 Å². The summed E-state index contributed by atoms with van der Waals surface area (Å²) in [5, 5.41) is 0. The third-order valence-electron chi connectivity index (χ3n) is 3.57. The smallest absolute Gasteiger partial charge is 0.0263 e. The lowest BCUT2D eigenvalue weighted by Gasteiger charge is -2.33. The molecule has 96 valence electrons. The highest BCUT2D eigenvalue weighted by molar-refractivity contribution is 4.90. The molecule has 0 heterocycles. The van der Waals surface area contributed by atoms with Crippen LogP contribution in [0.2, 0.25) is 0 Å². The zero-order valence-corrected chi connectivity index (χ0v) is 12.0. The first-order chi connectivity index (χ1) is 7.74. The van der Waals surface area contributed by atoms with Crippen LogP contribution in [-0.4, -0.2) is 0 Å². The maximum absolute atomic E-state index is 2.43. The number of rotatable bonds is 10. The maximum atomic E-state index is 2.43. The Labute approximate surface area is 104 Å². The molecule has 0 nitrogen and oxygen atoms in total. The van der Waals surface area contributed by atoms with Gasteiger partial charge in [-0.15, -0.1) is 0 Å². The van der Waals surface area contributed by atoms with Crippen LogP contribution in [0.3, 0.4) is 0 Å². The molecule has 0 N–H and O–H groups in total. The first-order valence-electron chi connectivity index (χ1n) is 7.39. The van der Waals surface area contributed by atoms with Crippen molar-refractivity contribution < 1.29 is 0 Å². The zero-order valence-electron chi connectivity index (χ0n) is 12.0. The van der Waals surface area contributed by atoms with Crippen molar-refractivity contribution in [1.29, 1.82) is 0 Å². The van der Waals surface area contributed by atoms with Gasteiger partial charge in [-0.05, 0) is 37.5 Å². The van der Waals surface area contributed by atoms with Gasteiger partial charge in [-0.25, -0.2) is 0 Å². The summed E-state index contributed by atoms with van der Waals surface area (Å²) >= 11 is 0. The summed E-state index contributed by atoms with van der Waals surface area (Å²) in [4.78, 5) is 0. The van der Waals surface area contributed by atoms with Gasteiger partial charge in [-0.3, -0.25) is 0 Å². The van der Waals surface area contributed by atoms with E-state index in [0.29, 0.717) is 5.41 Å². The number of hydrogen-bond acceptors (Lipinski definition) is 0. The largest absolute Gasteiger partial charge is 0.0888 e. The molecule has 0 saturated heterocycles. The van der Waals surface area contributed by atoms with Gasteiger partial charge in [0.15, 0.2) is 0 Å². The van der Waals surface area contributed by atoms with Crippen molar-refractivity contribution in [3.05, 3.63) is 12.2 Å². The Hall–Kier alpha value is -0.260. The van der Waals surface area contributed by atoms with Gasteiger partial charge < -0.3 is 0 Å². The van der Waals surface area contributed by atoms with Crippen molar-refractivity contribution in [3.8, 4) is 0 Å². The Balaban J connectivity index is 4.42. The van der Waals surface area contributed by atoms with Crippen molar-refractivity contribution in [2.24, 2.45) is 5.41 Å².